The first-order chi connectivity index (χ1) is 18.3. The summed E-state index contributed by atoms with van der Waals surface area (Å²) >= 11 is 0. The number of benzene rings is 1. The van der Waals surface area contributed by atoms with Gasteiger partial charge >= 0.3 is 6.29 Å². The summed E-state index contributed by atoms with van der Waals surface area (Å²) in [7, 11) is 4.09. The van der Waals surface area contributed by atoms with Crippen LogP contribution in [-0.2, 0) is 28.9 Å². The molecule has 12 heteroatoms. The number of nitrogens with zero attached hydrogens (tertiary/aromatic N) is 4. The Morgan fingerprint density at radius 1 is 0.789 bits per heavy atom. The molecule has 0 N–H and O–H groups in total. The lowest BCUT2D eigenvalue weighted by atomic mass is 10.2. The number of oxime groups is 4. The number of allylic oxidation sites excluding steroid dienone is 3. The molecule has 0 saturated heterocycles. The van der Waals surface area contributed by atoms with Gasteiger partial charge < -0.3 is 19.4 Å². The maximum atomic E-state index is 11.3. The molecule has 0 bridgehead atoms. The molecule has 0 aliphatic heterocycles. The molecule has 0 spiro atoms. The van der Waals surface area contributed by atoms with Gasteiger partial charge in [-0.05, 0) is 57.6 Å². The fourth-order valence-corrected chi connectivity index (χ4v) is 2.48. The zero-order valence-electron chi connectivity index (χ0n) is 22.0. The summed E-state index contributed by atoms with van der Waals surface area (Å²) in [5.41, 5.74) is 1.78. The normalized spacial score (nSPS) is 13.5. The highest BCUT2D eigenvalue weighted by Gasteiger charge is 2.07. The molecule has 0 amide bonds. The van der Waals surface area contributed by atoms with Gasteiger partial charge in [0.05, 0.1) is 12.4 Å². The molecular formula is C26H36N4O6P2. The fourth-order valence-electron chi connectivity index (χ4n) is 2.38. The third kappa shape index (κ3) is 16.5. The van der Waals surface area contributed by atoms with Crippen molar-refractivity contribution in [1.29, 1.82) is 0 Å². The van der Waals surface area contributed by atoms with Crippen molar-refractivity contribution in [3.8, 4) is 0 Å². The number of hydrogen-bond acceptors (Lipinski definition) is 10. The average molecular weight is 563 g/mol. The molecule has 0 fully saturated rings. The zero-order chi connectivity index (χ0) is 28.0. The van der Waals surface area contributed by atoms with Crippen LogP contribution in [0.15, 0.2) is 69.2 Å². The molecule has 0 aliphatic carbocycles. The molecule has 0 saturated carbocycles. The van der Waals surface area contributed by atoms with Gasteiger partial charge in [-0.2, -0.15) is 0 Å². The largest absolute Gasteiger partial charge is 0.396 e. The summed E-state index contributed by atoms with van der Waals surface area (Å²) in [5, 5.41) is 15.4. The van der Waals surface area contributed by atoms with Gasteiger partial charge in [-0.3, -0.25) is 9.59 Å². The van der Waals surface area contributed by atoms with E-state index in [-0.39, 0.29) is 16.8 Å². The van der Waals surface area contributed by atoms with Gasteiger partial charge in [-0.25, -0.2) is 0 Å². The molecule has 10 nitrogen and oxygen atoms in total. The predicted octanol–water partition coefficient (Wildman–Crippen LogP) is 4.99. The lowest BCUT2D eigenvalue weighted by Gasteiger charge is -2.08. The van der Waals surface area contributed by atoms with E-state index in [1.54, 1.807) is 31.4 Å². The van der Waals surface area contributed by atoms with Crippen LogP contribution < -0.4 is 0 Å². The molecule has 0 aromatic heterocycles. The van der Waals surface area contributed by atoms with E-state index in [4.69, 9.17) is 19.4 Å². The second-order valence-electron chi connectivity index (χ2n) is 7.79. The first-order valence-corrected chi connectivity index (χ1v) is 13.2. The third-order valence-corrected chi connectivity index (χ3v) is 5.42. The summed E-state index contributed by atoms with van der Waals surface area (Å²) in [4.78, 5) is 43.2. The molecule has 1 aromatic rings. The van der Waals surface area contributed by atoms with E-state index in [9.17, 15) is 9.59 Å². The highest BCUT2D eigenvalue weighted by molar-refractivity contribution is 7.45. The van der Waals surface area contributed by atoms with Gasteiger partial charge in [-0.15, -0.1) is 0 Å². The highest BCUT2D eigenvalue weighted by atomic mass is 31.0. The Hall–Kier alpha value is -3.22. The second kappa shape index (κ2) is 20.8. The molecule has 0 radical (unpaired) electrons. The van der Waals surface area contributed by atoms with Crippen LogP contribution in [0, 0.1) is 0 Å². The van der Waals surface area contributed by atoms with Crippen molar-refractivity contribution >= 4 is 53.4 Å². The molecule has 1 aromatic carbocycles. The molecule has 3 atom stereocenters. The van der Waals surface area contributed by atoms with Gasteiger partial charge in [0.15, 0.2) is 11.0 Å². The monoisotopic (exact) mass is 562 g/mol. The van der Waals surface area contributed by atoms with Crippen LogP contribution >= 0.6 is 18.5 Å². The van der Waals surface area contributed by atoms with Crippen molar-refractivity contribution in [2.45, 2.75) is 52.7 Å². The first-order valence-electron chi connectivity index (χ1n) is 12.0. The van der Waals surface area contributed by atoms with E-state index in [0.717, 1.165) is 36.8 Å². The molecule has 38 heavy (non-hydrogen) atoms. The van der Waals surface area contributed by atoms with Crippen LogP contribution in [0.4, 0.5) is 0 Å². The lowest BCUT2D eigenvalue weighted by molar-refractivity contribution is -0.112. The van der Waals surface area contributed by atoms with Crippen LogP contribution in [-0.4, -0.2) is 54.4 Å². The Bertz CT molecular complexity index is 1040. The van der Waals surface area contributed by atoms with E-state index in [1.807, 2.05) is 46.5 Å². The fraction of sp³-hybridized carbons (Fsp3) is 0.385. The molecule has 1 rings (SSSR count). The minimum Gasteiger partial charge on any atom is -0.396 e. The first kappa shape index (κ1) is 32.8. The minimum atomic E-state index is -0.894. The van der Waals surface area contributed by atoms with Crippen LogP contribution in [0.5, 0.6) is 0 Å². The van der Waals surface area contributed by atoms with Crippen molar-refractivity contribution < 1.29 is 28.9 Å². The van der Waals surface area contributed by atoms with Gasteiger partial charge in [0.25, 0.3) is 0 Å². The number of unbranched alkanes of at least 4 members (excludes halogenated alkanes) is 3. The smallest absolute Gasteiger partial charge is 0.308 e. The standard InChI is InChI=1S/C26H36N4O6P2/c1-4-5-8-11-24(36-30-21(3)26(32)38)35-28-19-23-14-12-22(13-15-23)18-27-33-16-9-6-7-10-17-34-29-20(2)25(31)37/h4-5,8,11-15,18-19,24H,6-7,9-10,16-17,37-38H2,1-3H3/b5-4+,11-8+,27-18-,28-19-,29-20-,30-21-. The molecule has 0 aliphatic rings. The summed E-state index contributed by atoms with van der Waals surface area (Å²) in [6, 6.07) is 7.47. The van der Waals surface area contributed by atoms with E-state index in [1.165, 1.54) is 13.1 Å². The number of carbonyl (C=O) groups is 2. The topological polar surface area (TPSA) is 120 Å². The Labute approximate surface area is 228 Å². The highest BCUT2D eigenvalue weighted by Crippen LogP contribution is 2.05. The predicted molar refractivity (Wildman–Crippen MR) is 158 cm³/mol. The van der Waals surface area contributed by atoms with Crippen molar-refractivity contribution in [2.75, 3.05) is 13.2 Å². The average Bonchev–Trinajstić information content (AvgIpc) is 2.90. The summed E-state index contributed by atoms with van der Waals surface area (Å²) in [6.07, 6.45) is 13.0. The van der Waals surface area contributed by atoms with Crippen molar-refractivity contribution in [3.05, 3.63) is 59.7 Å². The van der Waals surface area contributed by atoms with Gasteiger partial charge in [-0.1, -0.05) is 81.6 Å². The van der Waals surface area contributed by atoms with Gasteiger partial charge in [0.2, 0.25) is 0 Å². The maximum absolute atomic E-state index is 11.3. The van der Waals surface area contributed by atoms with Crippen molar-refractivity contribution in [2.24, 2.45) is 20.6 Å². The Balaban J connectivity index is 2.35. The Kier molecular flexibility index (Phi) is 18.0. The maximum Gasteiger partial charge on any atom is 0.308 e. The molecule has 3 unspecified atom stereocenters. The summed E-state index contributed by atoms with van der Waals surface area (Å²) in [6.45, 7) is 6.04. The molecular weight excluding hydrogens is 526 g/mol. The van der Waals surface area contributed by atoms with Crippen LogP contribution in [0.1, 0.15) is 57.6 Å². The van der Waals surface area contributed by atoms with Crippen molar-refractivity contribution in [3.63, 3.8) is 0 Å². The second-order valence-corrected chi connectivity index (χ2v) is 8.84. The molecule has 206 valence electrons. The quantitative estimate of drug-likeness (QED) is 0.0585. The summed E-state index contributed by atoms with van der Waals surface area (Å²) < 4.78 is 0. The van der Waals surface area contributed by atoms with Gasteiger partial charge in [0.1, 0.15) is 24.6 Å². The van der Waals surface area contributed by atoms with Crippen LogP contribution in [0.25, 0.3) is 0 Å². The van der Waals surface area contributed by atoms with Gasteiger partial charge in [0, 0.05) is 6.08 Å². The Morgan fingerprint density at radius 3 is 1.92 bits per heavy atom. The van der Waals surface area contributed by atoms with Crippen molar-refractivity contribution in [1.82, 2.24) is 0 Å². The van der Waals surface area contributed by atoms with E-state index in [2.05, 4.69) is 29.9 Å². The number of rotatable bonds is 19. The van der Waals surface area contributed by atoms with Crippen LogP contribution in [0.3, 0.4) is 0 Å². The third-order valence-electron chi connectivity index (χ3n) is 4.58. The van der Waals surface area contributed by atoms with Crippen LogP contribution in [0.2, 0.25) is 0 Å². The van der Waals surface area contributed by atoms with E-state index < -0.39 is 6.29 Å². The minimum absolute atomic E-state index is 0.171. The van der Waals surface area contributed by atoms with E-state index >= 15 is 0 Å². The number of hydrogen-bond donors (Lipinski definition) is 0. The lowest BCUT2D eigenvalue weighted by Crippen LogP contribution is -2.11. The summed E-state index contributed by atoms with van der Waals surface area (Å²) in [5.74, 6) is 0. The van der Waals surface area contributed by atoms with E-state index in [0.29, 0.717) is 18.9 Å². The number of carbonyl (C=O) groups excluding carboxylic acids is 2. The SMILES string of the molecule is C/C=C/C=C/C(O/N=C\c1ccc(/C=N\OCCCCCCO/N=C(/C)C(=O)P)cc1)O/N=C(/C)C(=O)P. The Morgan fingerprint density at radius 2 is 1.34 bits per heavy atom. The molecule has 0 heterocycles. The zero-order valence-corrected chi connectivity index (χ0v) is 24.3.